The summed E-state index contributed by atoms with van der Waals surface area (Å²) in [4.78, 5) is 10.7. The van der Waals surface area contributed by atoms with Crippen molar-refractivity contribution in [2.45, 2.75) is 40.5 Å². The third-order valence-electron chi connectivity index (χ3n) is 2.30. The van der Waals surface area contributed by atoms with Crippen molar-refractivity contribution in [2.75, 3.05) is 6.54 Å². The maximum atomic E-state index is 13.0. The summed E-state index contributed by atoms with van der Waals surface area (Å²) < 4.78 is 13.0. The average Bonchev–Trinajstić information content (AvgIpc) is 2.16. The van der Waals surface area contributed by atoms with Crippen molar-refractivity contribution in [1.82, 2.24) is 5.12 Å². The van der Waals surface area contributed by atoms with Crippen LogP contribution in [-0.2, 0) is 4.79 Å². The number of hydrogen-bond donors (Lipinski definition) is 0. The van der Waals surface area contributed by atoms with Gasteiger partial charge in [-0.2, -0.15) is 5.12 Å². The smallest absolute Gasteiger partial charge is 0.247 e. The first-order valence-electron chi connectivity index (χ1n) is 5.14. The van der Waals surface area contributed by atoms with E-state index in [9.17, 15) is 9.28 Å². The molecule has 0 aliphatic carbocycles. The Labute approximate surface area is 85.7 Å². The van der Waals surface area contributed by atoms with Gasteiger partial charge in [-0.3, -0.25) is 4.79 Å². The predicted octanol–water partition coefficient (Wildman–Crippen LogP) is 3.10. The second-order valence-corrected chi connectivity index (χ2v) is 3.60. The van der Waals surface area contributed by atoms with E-state index in [0.717, 1.165) is 18.4 Å². The molecule has 3 heteroatoms. The summed E-state index contributed by atoms with van der Waals surface area (Å²) in [5, 5.41) is 0.262. The van der Waals surface area contributed by atoms with Crippen LogP contribution in [0.1, 0.15) is 40.5 Å². The van der Waals surface area contributed by atoms with Gasteiger partial charge in [0, 0.05) is 6.92 Å². The van der Waals surface area contributed by atoms with E-state index < -0.39 is 5.91 Å². The summed E-state index contributed by atoms with van der Waals surface area (Å²) in [7, 11) is 0. The number of nitrogens with zero attached hydrogens (tertiary/aromatic N) is 1. The highest BCUT2D eigenvalue weighted by Gasteiger charge is 2.09. The van der Waals surface area contributed by atoms with Crippen LogP contribution in [0, 0.1) is 5.92 Å². The molecule has 0 saturated heterocycles. The monoisotopic (exact) mass is 201 g/mol. The van der Waals surface area contributed by atoms with Crippen molar-refractivity contribution in [1.29, 1.82) is 0 Å². The minimum absolute atomic E-state index is 0.107. The van der Waals surface area contributed by atoms with Gasteiger partial charge in [-0.15, -0.1) is 0 Å². The fourth-order valence-electron chi connectivity index (χ4n) is 1.09. The lowest BCUT2D eigenvalue weighted by Crippen LogP contribution is -2.22. The van der Waals surface area contributed by atoms with E-state index in [1.54, 1.807) is 0 Å². The number of carbonyl (C=O) groups excluding carboxylic acids is 1. The SMILES string of the molecule is CC/C(=C/[C@H](C)CC)CN(F)C(C)=O. The molecule has 0 aliphatic heterocycles. The first-order chi connectivity index (χ1) is 6.51. The van der Waals surface area contributed by atoms with E-state index in [0.29, 0.717) is 5.92 Å². The normalized spacial score (nSPS) is 13.9. The Morgan fingerprint density at radius 1 is 1.50 bits per heavy atom. The molecule has 0 aromatic heterocycles. The fraction of sp³-hybridized carbons (Fsp3) is 0.727. The van der Waals surface area contributed by atoms with Crippen LogP contribution in [0.4, 0.5) is 4.48 Å². The number of hydrogen-bond acceptors (Lipinski definition) is 1. The quantitative estimate of drug-likeness (QED) is 0.494. The van der Waals surface area contributed by atoms with Gasteiger partial charge in [0.1, 0.15) is 0 Å². The van der Waals surface area contributed by atoms with Crippen LogP contribution >= 0.6 is 0 Å². The van der Waals surface area contributed by atoms with E-state index in [1.807, 2.05) is 6.92 Å². The van der Waals surface area contributed by atoms with Gasteiger partial charge >= 0.3 is 0 Å². The lowest BCUT2D eigenvalue weighted by Gasteiger charge is -2.13. The lowest BCUT2D eigenvalue weighted by molar-refractivity contribution is -0.142. The molecule has 0 aromatic carbocycles. The molecule has 0 fully saturated rings. The first kappa shape index (κ1) is 13.1. The molecule has 82 valence electrons. The van der Waals surface area contributed by atoms with Crippen LogP contribution in [-0.4, -0.2) is 17.6 Å². The highest BCUT2D eigenvalue weighted by molar-refractivity contribution is 5.72. The van der Waals surface area contributed by atoms with Gasteiger partial charge in [-0.05, 0) is 12.3 Å². The Morgan fingerprint density at radius 2 is 2.07 bits per heavy atom. The number of amides is 1. The van der Waals surface area contributed by atoms with Crippen LogP contribution in [0.3, 0.4) is 0 Å². The minimum Gasteiger partial charge on any atom is -0.273 e. The van der Waals surface area contributed by atoms with Crippen molar-refractivity contribution in [3.05, 3.63) is 11.6 Å². The van der Waals surface area contributed by atoms with E-state index >= 15 is 0 Å². The molecule has 0 bridgehead atoms. The van der Waals surface area contributed by atoms with Gasteiger partial charge < -0.3 is 0 Å². The summed E-state index contributed by atoms with van der Waals surface area (Å²) in [5.74, 6) is -0.0844. The molecule has 0 unspecified atom stereocenters. The number of halogens is 1. The molecule has 0 aromatic rings. The average molecular weight is 201 g/mol. The van der Waals surface area contributed by atoms with Gasteiger partial charge in [0.15, 0.2) is 0 Å². The van der Waals surface area contributed by atoms with Crippen molar-refractivity contribution >= 4 is 5.91 Å². The number of allylic oxidation sites excluding steroid dienone is 1. The van der Waals surface area contributed by atoms with Crippen LogP contribution in [0.5, 0.6) is 0 Å². The molecular weight excluding hydrogens is 181 g/mol. The summed E-state index contributed by atoms with van der Waals surface area (Å²) in [6.45, 7) is 7.49. The Bertz CT molecular complexity index is 213. The Hall–Kier alpha value is -0.860. The second-order valence-electron chi connectivity index (χ2n) is 3.60. The van der Waals surface area contributed by atoms with E-state index in [2.05, 4.69) is 19.9 Å². The predicted molar refractivity (Wildman–Crippen MR) is 56.3 cm³/mol. The van der Waals surface area contributed by atoms with Crippen LogP contribution in [0.25, 0.3) is 0 Å². The summed E-state index contributed by atoms with van der Waals surface area (Å²) in [5.41, 5.74) is 0.983. The summed E-state index contributed by atoms with van der Waals surface area (Å²) in [6.07, 6.45) is 3.88. The van der Waals surface area contributed by atoms with Gasteiger partial charge in [-0.1, -0.05) is 43.3 Å². The van der Waals surface area contributed by atoms with Crippen molar-refractivity contribution in [2.24, 2.45) is 5.92 Å². The number of carbonyl (C=O) groups is 1. The van der Waals surface area contributed by atoms with Gasteiger partial charge in [0.2, 0.25) is 5.91 Å². The van der Waals surface area contributed by atoms with Gasteiger partial charge in [0.25, 0.3) is 0 Å². The maximum absolute atomic E-state index is 13.0. The molecule has 0 radical (unpaired) electrons. The highest BCUT2D eigenvalue weighted by Crippen LogP contribution is 2.11. The number of rotatable bonds is 5. The third-order valence-corrected chi connectivity index (χ3v) is 2.30. The van der Waals surface area contributed by atoms with Crippen LogP contribution < -0.4 is 0 Å². The molecule has 1 atom stereocenters. The largest absolute Gasteiger partial charge is 0.273 e. The zero-order valence-electron chi connectivity index (χ0n) is 9.51. The molecule has 1 amide bonds. The fourth-order valence-corrected chi connectivity index (χ4v) is 1.09. The topological polar surface area (TPSA) is 20.3 Å². The van der Waals surface area contributed by atoms with E-state index in [-0.39, 0.29) is 11.7 Å². The third kappa shape index (κ3) is 5.00. The molecule has 0 heterocycles. The van der Waals surface area contributed by atoms with Gasteiger partial charge in [-0.25, -0.2) is 0 Å². The molecule has 0 rings (SSSR count). The summed E-state index contributed by atoms with van der Waals surface area (Å²) >= 11 is 0. The molecule has 0 N–H and O–H groups in total. The van der Waals surface area contributed by atoms with Gasteiger partial charge in [0.05, 0.1) is 6.54 Å². The Kier molecular flexibility index (Phi) is 6.17. The zero-order chi connectivity index (χ0) is 11.1. The van der Waals surface area contributed by atoms with Crippen molar-refractivity contribution in [3.8, 4) is 0 Å². The van der Waals surface area contributed by atoms with Crippen molar-refractivity contribution < 1.29 is 9.28 Å². The second kappa shape index (κ2) is 6.57. The summed E-state index contributed by atoms with van der Waals surface area (Å²) in [6, 6.07) is 0. The molecule has 0 saturated carbocycles. The minimum atomic E-state index is -0.534. The molecule has 0 aliphatic rings. The zero-order valence-corrected chi connectivity index (χ0v) is 9.51. The molecular formula is C11H20FNO. The standard InChI is InChI=1S/C11H20FNO/c1-5-9(3)7-11(6-2)8-13(12)10(4)14/h7,9H,5-6,8H2,1-4H3/b11-7-/t9-/m1/s1. The Morgan fingerprint density at radius 3 is 2.43 bits per heavy atom. The van der Waals surface area contributed by atoms with Crippen LogP contribution in [0.2, 0.25) is 0 Å². The maximum Gasteiger partial charge on any atom is 0.247 e. The van der Waals surface area contributed by atoms with Crippen molar-refractivity contribution in [3.63, 3.8) is 0 Å². The van der Waals surface area contributed by atoms with E-state index in [4.69, 9.17) is 0 Å². The lowest BCUT2D eigenvalue weighted by atomic mass is 10.0. The molecule has 14 heavy (non-hydrogen) atoms. The van der Waals surface area contributed by atoms with E-state index in [1.165, 1.54) is 6.92 Å². The van der Waals surface area contributed by atoms with Crippen LogP contribution in [0.15, 0.2) is 11.6 Å². The first-order valence-corrected chi connectivity index (χ1v) is 5.14. The molecule has 0 spiro atoms. The Balaban J connectivity index is 4.28. The molecule has 2 nitrogen and oxygen atoms in total. The highest BCUT2D eigenvalue weighted by atomic mass is 19.2.